The lowest BCUT2D eigenvalue weighted by atomic mass is 9.90. The zero-order valence-corrected chi connectivity index (χ0v) is 13.2. The Morgan fingerprint density at radius 3 is 2.71 bits per heavy atom. The number of hydrogen-bond acceptors (Lipinski definition) is 3. The Bertz CT molecular complexity index is 645. The molecule has 0 aliphatic rings. The van der Waals surface area contributed by atoms with Crippen LogP contribution in [0.5, 0.6) is 0 Å². The molecule has 1 aromatic heterocycles. The normalized spacial score (nSPS) is 14.4. The molecule has 21 heavy (non-hydrogen) atoms. The molecule has 0 bridgehead atoms. The third-order valence-corrected chi connectivity index (χ3v) is 3.62. The highest BCUT2D eigenvalue weighted by atomic mass is 16.3. The first-order valence-corrected chi connectivity index (χ1v) is 7.36. The Kier molecular flexibility index (Phi) is 4.37. The second-order valence-corrected chi connectivity index (χ2v) is 6.47. The fourth-order valence-corrected chi connectivity index (χ4v) is 2.70. The molecule has 2 aromatic rings. The molecule has 0 spiro atoms. The van der Waals surface area contributed by atoms with Gasteiger partial charge in [0.25, 0.3) is 5.91 Å². The molecular weight excluding hydrogens is 264 g/mol. The van der Waals surface area contributed by atoms with Gasteiger partial charge in [-0.1, -0.05) is 25.5 Å². The molecule has 0 radical (unpaired) electrons. The van der Waals surface area contributed by atoms with Gasteiger partial charge in [-0.05, 0) is 44.4 Å². The van der Waals surface area contributed by atoms with Crippen LogP contribution in [0, 0.1) is 12.8 Å². The highest BCUT2D eigenvalue weighted by molar-refractivity contribution is 5.96. The molecule has 0 fully saturated rings. The van der Waals surface area contributed by atoms with Crippen LogP contribution in [0.25, 0.3) is 11.0 Å². The molecule has 0 saturated carbocycles. The van der Waals surface area contributed by atoms with E-state index in [9.17, 15) is 4.79 Å². The van der Waals surface area contributed by atoms with Crippen LogP contribution in [0.4, 0.5) is 0 Å². The summed E-state index contributed by atoms with van der Waals surface area (Å²) in [5.41, 5.74) is 7.28. The smallest absolute Gasteiger partial charge is 0.287 e. The summed E-state index contributed by atoms with van der Waals surface area (Å²) in [5.74, 6) is 0.577. The summed E-state index contributed by atoms with van der Waals surface area (Å²) in [6, 6.07) is 7.64. The standard InChI is InChI=1S/C17H24N2O2/c1-11(2)9-17(4,10-18)19-16(20)15-8-13-7-12(3)5-6-14(13)21-15/h5-8,11H,9-10,18H2,1-4H3,(H,19,20). The van der Waals surface area contributed by atoms with Gasteiger partial charge in [-0.15, -0.1) is 0 Å². The van der Waals surface area contributed by atoms with Crippen molar-refractivity contribution in [2.75, 3.05) is 6.54 Å². The maximum absolute atomic E-state index is 12.4. The maximum Gasteiger partial charge on any atom is 0.287 e. The molecule has 114 valence electrons. The fourth-order valence-electron chi connectivity index (χ4n) is 2.70. The fraction of sp³-hybridized carbons (Fsp3) is 0.471. The predicted octanol–water partition coefficient (Wildman–Crippen LogP) is 3.23. The topological polar surface area (TPSA) is 68.3 Å². The van der Waals surface area contributed by atoms with Gasteiger partial charge in [0.2, 0.25) is 0 Å². The summed E-state index contributed by atoms with van der Waals surface area (Å²) in [4.78, 5) is 12.4. The summed E-state index contributed by atoms with van der Waals surface area (Å²) < 4.78 is 5.63. The molecule has 4 heteroatoms. The van der Waals surface area contributed by atoms with Gasteiger partial charge in [0.15, 0.2) is 5.76 Å². The lowest BCUT2D eigenvalue weighted by molar-refractivity contribution is 0.0872. The van der Waals surface area contributed by atoms with Gasteiger partial charge in [-0.25, -0.2) is 0 Å². The van der Waals surface area contributed by atoms with Gasteiger partial charge in [0.05, 0.1) is 5.54 Å². The van der Waals surface area contributed by atoms with Crippen molar-refractivity contribution < 1.29 is 9.21 Å². The lowest BCUT2D eigenvalue weighted by Crippen LogP contribution is -2.52. The zero-order valence-electron chi connectivity index (χ0n) is 13.2. The Balaban J connectivity index is 2.21. The minimum absolute atomic E-state index is 0.211. The van der Waals surface area contributed by atoms with Crippen LogP contribution in [-0.4, -0.2) is 18.0 Å². The summed E-state index contributed by atoms with van der Waals surface area (Å²) in [6.45, 7) is 8.61. The second-order valence-electron chi connectivity index (χ2n) is 6.47. The molecule has 1 amide bonds. The van der Waals surface area contributed by atoms with Gasteiger partial charge in [0.1, 0.15) is 5.58 Å². The van der Waals surface area contributed by atoms with Crippen LogP contribution in [0.1, 0.15) is 43.3 Å². The van der Waals surface area contributed by atoms with E-state index in [1.807, 2.05) is 32.0 Å². The number of aryl methyl sites for hydroxylation is 1. The Labute approximate surface area is 125 Å². The number of benzene rings is 1. The SMILES string of the molecule is Cc1ccc2oc(C(=O)NC(C)(CN)CC(C)C)cc2c1. The first-order valence-electron chi connectivity index (χ1n) is 7.36. The van der Waals surface area contributed by atoms with E-state index < -0.39 is 5.54 Å². The van der Waals surface area contributed by atoms with Gasteiger partial charge >= 0.3 is 0 Å². The van der Waals surface area contributed by atoms with Crippen molar-refractivity contribution in [3.8, 4) is 0 Å². The highest BCUT2D eigenvalue weighted by Gasteiger charge is 2.27. The molecule has 1 atom stereocenters. The molecule has 0 aliphatic carbocycles. The van der Waals surface area contributed by atoms with Crippen LogP contribution in [-0.2, 0) is 0 Å². The molecule has 1 aromatic carbocycles. The van der Waals surface area contributed by atoms with Crippen molar-refractivity contribution >= 4 is 16.9 Å². The van der Waals surface area contributed by atoms with Gasteiger partial charge in [0, 0.05) is 11.9 Å². The van der Waals surface area contributed by atoms with Gasteiger partial charge in [-0.2, -0.15) is 0 Å². The monoisotopic (exact) mass is 288 g/mol. The van der Waals surface area contributed by atoms with Crippen LogP contribution in [0.15, 0.2) is 28.7 Å². The number of fused-ring (bicyclic) bond motifs is 1. The summed E-state index contributed by atoms with van der Waals surface area (Å²) in [6.07, 6.45) is 0.828. The number of rotatable bonds is 5. The second kappa shape index (κ2) is 5.90. The van der Waals surface area contributed by atoms with Crippen molar-refractivity contribution in [2.45, 2.75) is 39.7 Å². The minimum Gasteiger partial charge on any atom is -0.451 e. The number of carbonyl (C=O) groups excluding carboxylic acids is 1. The molecular formula is C17H24N2O2. The molecule has 4 nitrogen and oxygen atoms in total. The molecule has 0 saturated heterocycles. The average Bonchev–Trinajstić information content (AvgIpc) is 2.80. The number of carbonyl (C=O) groups is 1. The van der Waals surface area contributed by atoms with E-state index in [0.717, 1.165) is 23.0 Å². The number of nitrogens with one attached hydrogen (secondary N) is 1. The van der Waals surface area contributed by atoms with E-state index >= 15 is 0 Å². The number of amides is 1. The van der Waals surface area contributed by atoms with Crippen molar-refractivity contribution in [1.29, 1.82) is 0 Å². The minimum atomic E-state index is -0.417. The van der Waals surface area contributed by atoms with Crippen LogP contribution < -0.4 is 11.1 Å². The van der Waals surface area contributed by atoms with Crippen molar-refractivity contribution in [2.24, 2.45) is 11.7 Å². The van der Waals surface area contributed by atoms with Crippen molar-refractivity contribution in [1.82, 2.24) is 5.32 Å². The highest BCUT2D eigenvalue weighted by Crippen LogP contribution is 2.22. The van der Waals surface area contributed by atoms with E-state index in [1.165, 1.54) is 0 Å². The van der Waals surface area contributed by atoms with E-state index in [-0.39, 0.29) is 5.91 Å². The molecule has 3 N–H and O–H groups in total. The first-order chi connectivity index (χ1) is 9.83. The van der Waals surface area contributed by atoms with E-state index in [0.29, 0.717) is 18.2 Å². The number of furan rings is 1. The Morgan fingerprint density at radius 2 is 2.10 bits per heavy atom. The lowest BCUT2D eigenvalue weighted by Gasteiger charge is -2.30. The number of hydrogen-bond donors (Lipinski definition) is 2. The Morgan fingerprint density at radius 1 is 1.38 bits per heavy atom. The van der Waals surface area contributed by atoms with E-state index in [1.54, 1.807) is 6.07 Å². The third kappa shape index (κ3) is 3.64. The van der Waals surface area contributed by atoms with Gasteiger partial charge < -0.3 is 15.5 Å². The predicted molar refractivity (Wildman–Crippen MR) is 85.3 cm³/mol. The van der Waals surface area contributed by atoms with E-state index in [2.05, 4.69) is 19.2 Å². The Hall–Kier alpha value is -1.81. The largest absolute Gasteiger partial charge is 0.451 e. The van der Waals surface area contributed by atoms with Crippen LogP contribution in [0.2, 0.25) is 0 Å². The first kappa shape index (κ1) is 15.6. The summed E-state index contributed by atoms with van der Waals surface area (Å²) >= 11 is 0. The van der Waals surface area contributed by atoms with Crippen LogP contribution in [0.3, 0.4) is 0 Å². The average molecular weight is 288 g/mol. The molecule has 1 heterocycles. The maximum atomic E-state index is 12.4. The third-order valence-electron chi connectivity index (χ3n) is 3.62. The molecule has 2 rings (SSSR count). The van der Waals surface area contributed by atoms with Crippen molar-refractivity contribution in [3.05, 3.63) is 35.6 Å². The van der Waals surface area contributed by atoms with E-state index in [4.69, 9.17) is 10.2 Å². The quantitative estimate of drug-likeness (QED) is 0.887. The van der Waals surface area contributed by atoms with Crippen molar-refractivity contribution in [3.63, 3.8) is 0 Å². The zero-order chi connectivity index (χ0) is 15.6. The molecule has 1 unspecified atom stereocenters. The van der Waals surface area contributed by atoms with Gasteiger partial charge in [-0.3, -0.25) is 4.79 Å². The molecule has 0 aliphatic heterocycles. The summed E-state index contributed by atoms with van der Waals surface area (Å²) in [7, 11) is 0. The number of nitrogens with two attached hydrogens (primary N) is 1. The summed E-state index contributed by atoms with van der Waals surface area (Å²) in [5, 5.41) is 3.95. The van der Waals surface area contributed by atoms with Crippen LogP contribution >= 0.6 is 0 Å².